The molecule has 0 aliphatic heterocycles. The van der Waals surface area contributed by atoms with E-state index in [0.29, 0.717) is 12.1 Å². The number of amides is 3. The van der Waals surface area contributed by atoms with Gasteiger partial charge < -0.3 is 16.0 Å². The summed E-state index contributed by atoms with van der Waals surface area (Å²) in [7, 11) is 0. The van der Waals surface area contributed by atoms with Gasteiger partial charge in [0.05, 0.1) is 0 Å². The average molecular weight is 357 g/mol. The molecule has 1 unspecified atom stereocenters. The fourth-order valence-corrected chi connectivity index (χ4v) is 2.50. The molecule has 0 saturated carbocycles. The minimum atomic E-state index is -0.631. The van der Waals surface area contributed by atoms with Crippen LogP contribution in [0.2, 0.25) is 0 Å². The minimum Gasteiger partial charge on any atom is -0.334 e. The Labute approximate surface area is 153 Å². The van der Waals surface area contributed by atoms with Crippen LogP contribution in [-0.2, 0) is 11.3 Å². The van der Waals surface area contributed by atoms with E-state index in [4.69, 9.17) is 0 Å². The Balaban J connectivity index is 1.90. The number of halogens is 1. The van der Waals surface area contributed by atoms with Crippen molar-refractivity contribution in [2.24, 2.45) is 0 Å². The Bertz CT molecular complexity index is 747. The van der Waals surface area contributed by atoms with Gasteiger partial charge in [-0.1, -0.05) is 37.6 Å². The predicted molar refractivity (Wildman–Crippen MR) is 100 cm³/mol. The number of aryl methyl sites for hydroxylation is 1. The third-order valence-electron chi connectivity index (χ3n) is 3.85. The van der Waals surface area contributed by atoms with Crippen LogP contribution in [0.25, 0.3) is 0 Å². The van der Waals surface area contributed by atoms with Gasteiger partial charge in [-0.15, -0.1) is 0 Å². The van der Waals surface area contributed by atoms with Crippen molar-refractivity contribution < 1.29 is 14.0 Å². The average Bonchev–Trinajstić information content (AvgIpc) is 2.61. The second-order valence-electron chi connectivity index (χ2n) is 6.15. The molecule has 2 rings (SSSR count). The van der Waals surface area contributed by atoms with Crippen molar-refractivity contribution in [2.45, 2.75) is 39.3 Å². The monoisotopic (exact) mass is 357 g/mol. The maximum atomic E-state index is 12.9. The van der Waals surface area contributed by atoms with Gasteiger partial charge in [0.15, 0.2) is 0 Å². The molecule has 6 heteroatoms. The number of anilines is 1. The molecule has 138 valence electrons. The van der Waals surface area contributed by atoms with Gasteiger partial charge in [-0.3, -0.25) is 4.79 Å². The Morgan fingerprint density at radius 1 is 1.12 bits per heavy atom. The molecule has 0 fully saturated rings. The van der Waals surface area contributed by atoms with Crippen molar-refractivity contribution in [3.63, 3.8) is 0 Å². The first-order valence-electron chi connectivity index (χ1n) is 8.64. The highest BCUT2D eigenvalue weighted by Crippen LogP contribution is 2.11. The Morgan fingerprint density at radius 2 is 1.85 bits per heavy atom. The molecule has 3 amide bonds. The number of hydrogen-bond donors (Lipinski definition) is 3. The van der Waals surface area contributed by atoms with Crippen LogP contribution in [0.3, 0.4) is 0 Å². The molecule has 0 aliphatic rings. The fraction of sp³-hybridized carbons (Fsp3) is 0.300. The summed E-state index contributed by atoms with van der Waals surface area (Å²) >= 11 is 0. The van der Waals surface area contributed by atoms with Crippen molar-refractivity contribution in [3.8, 4) is 0 Å². The standard InChI is InChI=1S/C20H24FN3O2/c1-3-5-18(19(25)23-17-7-4-6-14(2)12-17)24-20(26)22-13-15-8-10-16(21)11-9-15/h4,6-12,18H,3,5,13H2,1-2H3,(H,23,25)(H2,22,24,26). The van der Waals surface area contributed by atoms with Crippen molar-refractivity contribution in [1.29, 1.82) is 0 Å². The zero-order chi connectivity index (χ0) is 18.9. The highest BCUT2D eigenvalue weighted by atomic mass is 19.1. The molecule has 0 radical (unpaired) electrons. The lowest BCUT2D eigenvalue weighted by molar-refractivity contribution is -0.118. The number of urea groups is 1. The molecule has 0 aromatic heterocycles. The quantitative estimate of drug-likeness (QED) is 0.706. The largest absolute Gasteiger partial charge is 0.334 e. The number of benzene rings is 2. The van der Waals surface area contributed by atoms with Gasteiger partial charge in [0.1, 0.15) is 11.9 Å². The Morgan fingerprint density at radius 3 is 2.50 bits per heavy atom. The van der Waals surface area contributed by atoms with Gasteiger partial charge >= 0.3 is 6.03 Å². The summed E-state index contributed by atoms with van der Waals surface area (Å²) in [5.74, 6) is -0.580. The van der Waals surface area contributed by atoms with Crippen LogP contribution in [-0.4, -0.2) is 18.0 Å². The van der Waals surface area contributed by atoms with Gasteiger partial charge in [0, 0.05) is 12.2 Å². The molecule has 2 aromatic carbocycles. The molecule has 0 bridgehead atoms. The number of rotatable bonds is 7. The van der Waals surface area contributed by atoms with E-state index in [1.165, 1.54) is 12.1 Å². The summed E-state index contributed by atoms with van der Waals surface area (Å²) < 4.78 is 12.9. The second-order valence-corrected chi connectivity index (χ2v) is 6.15. The number of nitrogens with one attached hydrogen (secondary N) is 3. The molecule has 5 nitrogen and oxygen atoms in total. The number of hydrogen-bond acceptors (Lipinski definition) is 2. The lowest BCUT2D eigenvalue weighted by atomic mass is 10.1. The van der Waals surface area contributed by atoms with Gasteiger partial charge in [-0.25, -0.2) is 9.18 Å². The first kappa shape index (κ1) is 19.4. The zero-order valence-electron chi connectivity index (χ0n) is 15.0. The molecule has 0 spiro atoms. The Kier molecular flexibility index (Phi) is 7.14. The van der Waals surface area contributed by atoms with E-state index in [1.807, 2.05) is 38.1 Å². The molecular formula is C20H24FN3O2. The highest BCUT2D eigenvalue weighted by molar-refractivity contribution is 5.97. The fourth-order valence-electron chi connectivity index (χ4n) is 2.50. The van der Waals surface area contributed by atoms with Crippen molar-refractivity contribution in [2.75, 3.05) is 5.32 Å². The number of carbonyl (C=O) groups excluding carboxylic acids is 2. The number of carbonyl (C=O) groups is 2. The smallest absolute Gasteiger partial charge is 0.315 e. The van der Waals surface area contributed by atoms with Crippen LogP contribution < -0.4 is 16.0 Å². The molecule has 1 atom stereocenters. The summed E-state index contributed by atoms with van der Waals surface area (Å²) in [4.78, 5) is 24.6. The summed E-state index contributed by atoms with van der Waals surface area (Å²) in [6, 6.07) is 12.3. The molecule has 0 saturated heterocycles. The maximum Gasteiger partial charge on any atom is 0.315 e. The van der Waals surface area contributed by atoms with Crippen molar-refractivity contribution in [1.82, 2.24) is 10.6 Å². The van der Waals surface area contributed by atoms with E-state index in [1.54, 1.807) is 12.1 Å². The summed E-state index contributed by atoms with van der Waals surface area (Å²) in [5, 5.41) is 8.21. The van der Waals surface area contributed by atoms with Crippen LogP contribution in [0.5, 0.6) is 0 Å². The molecule has 2 aromatic rings. The molecular weight excluding hydrogens is 333 g/mol. The third kappa shape index (κ3) is 6.20. The summed E-state index contributed by atoms with van der Waals surface area (Å²) in [6.45, 7) is 4.15. The van der Waals surface area contributed by atoms with Gasteiger partial charge in [0.25, 0.3) is 0 Å². The van der Waals surface area contributed by atoms with Gasteiger partial charge in [-0.2, -0.15) is 0 Å². The van der Waals surface area contributed by atoms with Gasteiger partial charge in [-0.05, 0) is 48.7 Å². The third-order valence-corrected chi connectivity index (χ3v) is 3.85. The van der Waals surface area contributed by atoms with Crippen LogP contribution in [0.1, 0.15) is 30.9 Å². The topological polar surface area (TPSA) is 70.2 Å². The van der Waals surface area contributed by atoms with Crippen LogP contribution in [0.4, 0.5) is 14.9 Å². The first-order valence-corrected chi connectivity index (χ1v) is 8.64. The van der Waals surface area contributed by atoms with Crippen molar-refractivity contribution >= 4 is 17.6 Å². The highest BCUT2D eigenvalue weighted by Gasteiger charge is 2.20. The van der Waals surface area contributed by atoms with E-state index in [9.17, 15) is 14.0 Å². The van der Waals surface area contributed by atoms with E-state index >= 15 is 0 Å². The summed E-state index contributed by atoms with van der Waals surface area (Å²) in [6.07, 6.45) is 1.28. The molecule has 0 heterocycles. The minimum absolute atomic E-state index is 0.254. The molecule has 0 aliphatic carbocycles. The molecule has 3 N–H and O–H groups in total. The summed E-state index contributed by atoms with van der Waals surface area (Å²) in [5.41, 5.74) is 2.52. The van der Waals surface area contributed by atoms with E-state index < -0.39 is 12.1 Å². The normalized spacial score (nSPS) is 11.5. The van der Waals surface area contributed by atoms with E-state index in [0.717, 1.165) is 17.5 Å². The van der Waals surface area contributed by atoms with Crippen LogP contribution in [0, 0.1) is 12.7 Å². The molecule has 26 heavy (non-hydrogen) atoms. The van der Waals surface area contributed by atoms with Gasteiger partial charge in [0.2, 0.25) is 5.91 Å². The Hall–Kier alpha value is -2.89. The SMILES string of the molecule is CCCC(NC(=O)NCc1ccc(F)cc1)C(=O)Nc1cccc(C)c1. The second kappa shape index (κ2) is 9.56. The van der Waals surface area contributed by atoms with E-state index in [2.05, 4.69) is 16.0 Å². The lowest BCUT2D eigenvalue weighted by Gasteiger charge is -2.18. The predicted octanol–water partition coefficient (Wildman–Crippen LogP) is 3.74. The van der Waals surface area contributed by atoms with Crippen LogP contribution >= 0.6 is 0 Å². The van der Waals surface area contributed by atoms with Crippen molar-refractivity contribution in [3.05, 3.63) is 65.5 Å². The zero-order valence-corrected chi connectivity index (χ0v) is 15.0. The van der Waals surface area contributed by atoms with Crippen LogP contribution in [0.15, 0.2) is 48.5 Å². The maximum absolute atomic E-state index is 12.9. The van der Waals surface area contributed by atoms with E-state index in [-0.39, 0.29) is 18.3 Å². The first-order chi connectivity index (χ1) is 12.5. The lowest BCUT2D eigenvalue weighted by Crippen LogP contribution is -2.47.